The van der Waals surface area contributed by atoms with Crippen LogP contribution in [0.15, 0.2) is 83.8 Å². The van der Waals surface area contributed by atoms with Gasteiger partial charge in [-0.15, -0.1) is 11.8 Å². The minimum absolute atomic E-state index is 0.000539. The van der Waals surface area contributed by atoms with Gasteiger partial charge in [0.05, 0.1) is 0 Å². The Balaban J connectivity index is 1.16. The zero-order valence-corrected chi connectivity index (χ0v) is 20.2. The Morgan fingerprint density at radius 2 is 1.36 bits per heavy atom. The van der Waals surface area contributed by atoms with E-state index in [0.717, 1.165) is 50.6 Å². The predicted molar refractivity (Wildman–Crippen MR) is 138 cm³/mol. The summed E-state index contributed by atoms with van der Waals surface area (Å²) in [5, 5.41) is 3.03. The van der Waals surface area contributed by atoms with Gasteiger partial charge in [0.2, 0.25) is 0 Å². The molecular weight excluding hydrogens is 426 g/mol. The molecule has 0 unspecified atom stereocenters. The summed E-state index contributed by atoms with van der Waals surface area (Å²) in [4.78, 5) is 18.7. The highest BCUT2D eigenvalue weighted by molar-refractivity contribution is 7.99. The molecule has 33 heavy (non-hydrogen) atoms. The molecule has 1 aliphatic heterocycles. The molecule has 0 spiro atoms. The van der Waals surface area contributed by atoms with Crippen LogP contribution in [-0.2, 0) is 13.1 Å². The largest absolute Gasteiger partial charge is 0.351 e. The number of nitrogens with one attached hydrogen (secondary N) is 1. The van der Waals surface area contributed by atoms with Crippen molar-refractivity contribution in [3.8, 4) is 0 Å². The molecule has 0 aromatic heterocycles. The molecule has 1 heterocycles. The number of hydrogen-bond acceptors (Lipinski definition) is 4. The Morgan fingerprint density at radius 1 is 0.788 bits per heavy atom. The monoisotopic (exact) mass is 459 g/mol. The number of benzene rings is 3. The molecule has 0 bridgehead atoms. The van der Waals surface area contributed by atoms with Crippen molar-refractivity contribution in [1.29, 1.82) is 0 Å². The molecular formula is C28H33N3OS. The van der Waals surface area contributed by atoms with Gasteiger partial charge in [0.25, 0.3) is 5.91 Å². The summed E-state index contributed by atoms with van der Waals surface area (Å²) < 4.78 is 0. The zero-order valence-electron chi connectivity index (χ0n) is 19.4. The molecule has 0 aliphatic carbocycles. The van der Waals surface area contributed by atoms with Gasteiger partial charge < -0.3 is 5.32 Å². The van der Waals surface area contributed by atoms with Crippen molar-refractivity contribution >= 4 is 17.7 Å². The van der Waals surface area contributed by atoms with Crippen LogP contribution in [0.1, 0.15) is 27.0 Å². The maximum Gasteiger partial charge on any atom is 0.251 e. The predicted octanol–water partition coefficient (Wildman–Crippen LogP) is 4.83. The topological polar surface area (TPSA) is 35.6 Å². The second-order valence-electron chi connectivity index (χ2n) is 8.65. The van der Waals surface area contributed by atoms with Gasteiger partial charge >= 0.3 is 0 Å². The van der Waals surface area contributed by atoms with E-state index in [1.807, 2.05) is 12.1 Å². The lowest BCUT2D eigenvalue weighted by Gasteiger charge is -2.34. The summed E-state index contributed by atoms with van der Waals surface area (Å²) in [5.41, 5.74) is 4.64. The van der Waals surface area contributed by atoms with Gasteiger partial charge in [-0.05, 0) is 42.3 Å². The van der Waals surface area contributed by atoms with Crippen molar-refractivity contribution in [2.24, 2.45) is 0 Å². The van der Waals surface area contributed by atoms with E-state index in [1.165, 1.54) is 21.6 Å². The van der Waals surface area contributed by atoms with Gasteiger partial charge in [0.15, 0.2) is 0 Å². The number of carbonyl (C=O) groups is 1. The Morgan fingerprint density at radius 3 is 1.97 bits per heavy atom. The first-order chi connectivity index (χ1) is 16.2. The van der Waals surface area contributed by atoms with Crippen LogP contribution in [0.5, 0.6) is 0 Å². The van der Waals surface area contributed by atoms with Crippen LogP contribution in [0, 0.1) is 6.92 Å². The lowest BCUT2D eigenvalue weighted by molar-refractivity contribution is 0.0956. The Labute approximate surface area is 202 Å². The Hall–Kier alpha value is -2.60. The summed E-state index contributed by atoms with van der Waals surface area (Å²) in [5.74, 6) is 0.865. The summed E-state index contributed by atoms with van der Waals surface area (Å²) in [6, 6.07) is 27.3. The van der Waals surface area contributed by atoms with E-state index in [2.05, 4.69) is 88.8 Å². The summed E-state index contributed by atoms with van der Waals surface area (Å²) in [7, 11) is 0. The summed E-state index contributed by atoms with van der Waals surface area (Å²) >= 11 is 1.76. The van der Waals surface area contributed by atoms with Crippen molar-refractivity contribution in [3.05, 3.63) is 101 Å². The first kappa shape index (κ1) is 23.6. The van der Waals surface area contributed by atoms with E-state index in [9.17, 15) is 4.79 Å². The smallest absolute Gasteiger partial charge is 0.251 e. The maximum atomic E-state index is 12.5. The van der Waals surface area contributed by atoms with Crippen LogP contribution < -0.4 is 5.32 Å². The molecule has 4 rings (SSSR count). The third-order valence-electron chi connectivity index (χ3n) is 6.01. The highest BCUT2D eigenvalue weighted by Crippen LogP contribution is 2.17. The van der Waals surface area contributed by atoms with Crippen LogP contribution in [0.3, 0.4) is 0 Å². The molecule has 0 saturated carbocycles. The number of amides is 1. The number of carbonyl (C=O) groups excluding carboxylic acids is 1. The van der Waals surface area contributed by atoms with E-state index >= 15 is 0 Å². The average molecular weight is 460 g/mol. The maximum absolute atomic E-state index is 12.5. The van der Waals surface area contributed by atoms with Gasteiger partial charge in [-0.2, -0.15) is 0 Å². The van der Waals surface area contributed by atoms with Gasteiger partial charge in [0.1, 0.15) is 0 Å². The fraction of sp³-hybridized carbons (Fsp3) is 0.321. The van der Waals surface area contributed by atoms with Gasteiger partial charge in [0, 0.05) is 62.0 Å². The number of aryl methyl sites for hydroxylation is 1. The molecule has 1 aliphatic rings. The van der Waals surface area contributed by atoms with Gasteiger partial charge in [-0.25, -0.2) is 0 Å². The third kappa shape index (κ3) is 7.46. The van der Waals surface area contributed by atoms with Crippen molar-refractivity contribution in [1.82, 2.24) is 15.1 Å². The van der Waals surface area contributed by atoms with Crippen molar-refractivity contribution in [2.45, 2.75) is 24.9 Å². The zero-order chi connectivity index (χ0) is 22.9. The van der Waals surface area contributed by atoms with Crippen LogP contribution >= 0.6 is 11.8 Å². The summed E-state index contributed by atoms with van der Waals surface area (Å²) in [6.07, 6.45) is 0. The molecule has 1 saturated heterocycles. The van der Waals surface area contributed by atoms with Gasteiger partial charge in [-0.1, -0.05) is 60.2 Å². The lowest BCUT2D eigenvalue weighted by Crippen LogP contribution is -2.45. The lowest BCUT2D eigenvalue weighted by atomic mass is 10.1. The van der Waals surface area contributed by atoms with Crippen LogP contribution in [-0.4, -0.2) is 54.2 Å². The van der Waals surface area contributed by atoms with E-state index in [0.29, 0.717) is 6.54 Å². The first-order valence-corrected chi connectivity index (χ1v) is 12.7. The Bertz CT molecular complexity index is 998. The quantitative estimate of drug-likeness (QED) is 0.367. The molecule has 4 nitrogen and oxygen atoms in total. The number of thioether (sulfide) groups is 1. The van der Waals surface area contributed by atoms with E-state index in [-0.39, 0.29) is 5.91 Å². The molecule has 0 radical (unpaired) electrons. The van der Waals surface area contributed by atoms with Crippen molar-refractivity contribution in [2.75, 3.05) is 38.5 Å². The van der Waals surface area contributed by atoms with Crippen LogP contribution in [0.25, 0.3) is 0 Å². The minimum Gasteiger partial charge on any atom is -0.351 e. The van der Waals surface area contributed by atoms with E-state index < -0.39 is 0 Å². The van der Waals surface area contributed by atoms with Gasteiger partial charge in [-0.3, -0.25) is 14.6 Å². The van der Waals surface area contributed by atoms with Crippen molar-refractivity contribution < 1.29 is 4.79 Å². The van der Waals surface area contributed by atoms with Crippen LogP contribution in [0.4, 0.5) is 0 Å². The fourth-order valence-corrected chi connectivity index (χ4v) is 4.81. The highest BCUT2D eigenvalue weighted by Gasteiger charge is 2.17. The van der Waals surface area contributed by atoms with E-state index in [4.69, 9.17) is 0 Å². The molecule has 1 amide bonds. The minimum atomic E-state index is 0.000539. The Kier molecular flexibility index (Phi) is 8.59. The van der Waals surface area contributed by atoms with Crippen molar-refractivity contribution in [3.63, 3.8) is 0 Å². The SMILES string of the molecule is Cc1ccc(SCCNC(=O)c2ccc(CN3CCN(Cc4ccccc4)CC3)cc2)cc1. The summed E-state index contributed by atoms with van der Waals surface area (Å²) in [6.45, 7) is 9.06. The average Bonchev–Trinajstić information content (AvgIpc) is 2.85. The highest BCUT2D eigenvalue weighted by atomic mass is 32.2. The number of hydrogen-bond donors (Lipinski definition) is 1. The normalized spacial score (nSPS) is 14.8. The molecule has 3 aromatic rings. The second-order valence-corrected chi connectivity index (χ2v) is 9.82. The molecule has 1 N–H and O–H groups in total. The molecule has 5 heteroatoms. The number of nitrogens with zero attached hydrogens (tertiary/aromatic N) is 2. The van der Waals surface area contributed by atoms with Crippen LogP contribution in [0.2, 0.25) is 0 Å². The molecule has 1 fully saturated rings. The standard InChI is InChI=1S/C28H33N3OS/c1-23-7-13-27(14-8-23)33-20-15-29-28(32)26-11-9-25(10-12-26)22-31-18-16-30(17-19-31)21-24-5-3-2-4-6-24/h2-14H,15-22H2,1H3,(H,29,32). The molecule has 0 atom stereocenters. The number of rotatable bonds is 9. The number of piperazine rings is 1. The third-order valence-corrected chi connectivity index (χ3v) is 7.03. The van der Waals surface area contributed by atoms with E-state index in [1.54, 1.807) is 11.8 Å². The first-order valence-electron chi connectivity index (χ1n) is 11.7. The second kappa shape index (κ2) is 12.0. The fourth-order valence-electron chi connectivity index (χ4n) is 4.04. The molecule has 3 aromatic carbocycles. The molecule has 172 valence electrons.